The van der Waals surface area contributed by atoms with Crippen LogP contribution in [-0.4, -0.2) is 41.4 Å². The molecule has 188 valence electrons. The highest BCUT2D eigenvalue weighted by atomic mass is 16.2. The number of carbonyl (C=O) groups is 1. The molecule has 2 amide bonds. The van der Waals surface area contributed by atoms with E-state index in [1.54, 1.807) is 0 Å². The highest BCUT2D eigenvalue weighted by Crippen LogP contribution is 2.43. The summed E-state index contributed by atoms with van der Waals surface area (Å²) in [7, 11) is 4.15. The normalized spacial score (nSPS) is 15.6. The Labute approximate surface area is 210 Å². The Kier molecular flexibility index (Phi) is 7.22. The molecule has 0 atom stereocenters. The molecule has 0 bridgehead atoms. The Morgan fingerprint density at radius 3 is 2.14 bits per heavy atom. The van der Waals surface area contributed by atoms with Crippen LogP contribution in [-0.2, 0) is 12.1 Å². The molecule has 4 rings (SSSR count). The van der Waals surface area contributed by atoms with Crippen LogP contribution in [0.3, 0.4) is 0 Å². The second-order valence-electron chi connectivity index (χ2n) is 11.1. The minimum absolute atomic E-state index is 0.280. The van der Waals surface area contributed by atoms with Crippen molar-refractivity contribution < 1.29 is 4.79 Å². The van der Waals surface area contributed by atoms with E-state index in [0.29, 0.717) is 6.54 Å². The second kappa shape index (κ2) is 10.0. The molecule has 35 heavy (non-hydrogen) atoms. The molecule has 0 saturated heterocycles. The number of nitrogens with zero attached hydrogens (tertiary/aromatic N) is 4. The number of carbonyl (C=O) groups excluding carboxylic acids is 1. The van der Waals surface area contributed by atoms with Crippen molar-refractivity contribution in [3.63, 3.8) is 0 Å². The Morgan fingerprint density at radius 2 is 1.60 bits per heavy atom. The van der Waals surface area contributed by atoms with Gasteiger partial charge in [0.05, 0.1) is 29.0 Å². The van der Waals surface area contributed by atoms with Gasteiger partial charge in [-0.15, -0.1) is 0 Å². The maximum Gasteiger partial charge on any atom is 0.319 e. The molecule has 2 N–H and O–H groups in total. The van der Waals surface area contributed by atoms with Gasteiger partial charge in [-0.1, -0.05) is 76.9 Å². The van der Waals surface area contributed by atoms with E-state index >= 15 is 0 Å². The molecular formula is C29H41N5O. The van der Waals surface area contributed by atoms with Gasteiger partial charge in [0.15, 0.2) is 0 Å². The molecule has 0 spiro atoms. The third kappa shape index (κ3) is 4.81. The number of aromatic nitrogens is 2. The van der Waals surface area contributed by atoms with E-state index in [9.17, 15) is 4.79 Å². The van der Waals surface area contributed by atoms with Gasteiger partial charge >= 0.3 is 6.03 Å². The number of fused-ring (bicyclic) bond motifs is 1. The molecular weight excluding hydrogens is 434 g/mol. The van der Waals surface area contributed by atoms with Crippen LogP contribution in [0, 0.1) is 0 Å². The Hall–Kier alpha value is -2.86. The minimum atomic E-state index is -0.392. The fourth-order valence-electron chi connectivity index (χ4n) is 5.76. The number of hydrogen-bond donors (Lipinski definition) is 1. The van der Waals surface area contributed by atoms with Crippen molar-refractivity contribution in [2.24, 2.45) is 5.73 Å². The van der Waals surface area contributed by atoms with Crippen molar-refractivity contribution in [3.05, 3.63) is 59.3 Å². The number of benzene rings is 2. The molecule has 6 heteroatoms. The van der Waals surface area contributed by atoms with E-state index in [1.165, 1.54) is 16.5 Å². The maximum absolute atomic E-state index is 13.1. The van der Waals surface area contributed by atoms with Gasteiger partial charge in [0.1, 0.15) is 0 Å². The van der Waals surface area contributed by atoms with E-state index in [-0.39, 0.29) is 17.4 Å². The van der Waals surface area contributed by atoms with E-state index < -0.39 is 6.03 Å². The van der Waals surface area contributed by atoms with Crippen molar-refractivity contribution in [1.29, 1.82) is 0 Å². The van der Waals surface area contributed by atoms with Gasteiger partial charge in [0, 0.05) is 11.9 Å². The molecule has 1 aliphatic rings. The van der Waals surface area contributed by atoms with Crippen molar-refractivity contribution in [2.45, 2.75) is 77.3 Å². The highest BCUT2D eigenvalue weighted by molar-refractivity contribution is 5.93. The number of para-hydroxylation sites is 2. The van der Waals surface area contributed by atoms with Crippen LogP contribution in [0.2, 0.25) is 0 Å². The Balaban J connectivity index is 1.88. The van der Waals surface area contributed by atoms with Crippen molar-refractivity contribution in [1.82, 2.24) is 14.7 Å². The zero-order valence-electron chi connectivity index (χ0n) is 22.2. The monoisotopic (exact) mass is 475 g/mol. The molecule has 1 heterocycles. The number of primary amides is 1. The summed E-state index contributed by atoms with van der Waals surface area (Å²) >= 11 is 0. The van der Waals surface area contributed by atoms with E-state index in [0.717, 1.165) is 49.1 Å². The minimum Gasteiger partial charge on any atom is -0.351 e. The molecule has 0 aliphatic heterocycles. The Bertz CT molecular complexity index is 1160. The fourth-order valence-corrected chi connectivity index (χ4v) is 5.76. The summed E-state index contributed by atoms with van der Waals surface area (Å²) < 4.78 is 2.23. The lowest BCUT2D eigenvalue weighted by Crippen LogP contribution is -2.49. The third-order valence-corrected chi connectivity index (χ3v) is 7.44. The van der Waals surface area contributed by atoms with Gasteiger partial charge in [0.25, 0.3) is 0 Å². The molecule has 0 unspecified atom stereocenters. The SMILES string of the molecule is CC(C)c1cccc(C(C)C)c1N(CC1(n2nc(CN(C)C)c3ccccc32)CCCC1)C(N)=O. The number of amides is 2. The first-order chi connectivity index (χ1) is 16.6. The predicted octanol–water partition coefficient (Wildman–Crippen LogP) is 6.20. The van der Waals surface area contributed by atoms with Crippen LogP contribution in [0.1, 0.15) is 82.0 Å². The fraction of sp³-hybridized carbons (Fsp3) is 0.517. The van der Waals surface area contributed by atoms with Crippen LogP contribution < -0.4 is 10.6 Å². The van der Waals surface area contributed by atoms with Crippen LogP contribution in [0.4, 0.5) is 10.5 Å². The number of rotatable bonds is 8. The van der Waals surface area contributed by atoms with E-state index in [1.807, 2.05) is 4.90 Å². The Morgan fingerprint density at radius 1 is 1.00 bits per heavy atom. The largest absolute Gasteiger partial charge is 0.351 e. The van der Waals surface area contributed by atoms with E-state index in [2.05, 4.69) is 93.8 Å². The van der Waals surface area contributed by atoms with Gasteiger partial charge in [-0.25, -0.2) is 4.79 Å². The zero-order valence-corrected chi connectivity index (χ0v) is 22.2. The van der Waals surface area contributed by atoms with Crippen molar-refractivity contribution in [3.8, 4) is 0 Å². The summed E-state index contributed by atoms with van der Waals surface area (Å²) in [6.45, 7) is 10.0. The van der Waals surface area contributed by atoms with Crippen LogP contribution in [0.25, 0.3) is 10.9 Å². The highest BCUT2D eigenvalue weighted by Gasteiger charge is 2.41. The molecule has 2 aromatic carbocycles. The van der Waals surface area contributed by atoms with E-state index in [4.69, 9.17) is 10.8 Å². The smallest absolute Gasteiger partial charge is 0.319 e. The topological polar surface area (TPSA) is 67.4 Å². The average molecular weight is 476 g/mol. The maximum atomic E-state index is 13.1. The number of hydrogen-bond acceptors (Lipinski definition) is 3. The van der Waals surface area contributed by atoms with Crippen molar-refractivity contribution in [2.75, 3.05) is 25.5 Å². The summed E-state index contributed by atoms with van der Waals surface area (Å²) in [4.78, 5) is 17.2. The standard InChI is InChI=1S/C29H41N5O/c1-20(2)22-13-11-14-23(21(3)4)27(22)33(28(30)35)19-29(16-9-10-17-29)34-26-15-8-7-12-24(26)25(31-34)18-32(5)6/h7-8,11-15,20-21H,9-10,16-19H2,1-6H3,(H2,30,35). The number of urea groups is 1. The third-order valence-electron chi connectivity index (χ3n) is 7.44. The summed E-state index contributed by atoms with van der Waals surface area (Å²) in [5.41, 5.74) is 11.4. The molecule has 1 aromatic heterocycles. The molecule has 1 aliphatic carbocycles. The van der Waals surface area contributed by atoms with Crippen LogP contribution in [0.15, 0.2) is 42.5 Å². The first-order valence-corrected chi connectivity index (χ1v) is 13.0. The molecule has 1 fully saturated rings. The molecule has 6 nitrogen and oxygen atoms in total. The quantitative estimate of drug-likeness (QED) is 0.422. The molecule has 0 radical (unpaired) electrons. The lowest BCUT2D eigenvalue weighted by atomic mass is 9.90. The summed E-state index contributed by atoms with van der Waals surface area (Å²) in [6, 6.07) is 14.5. The van der Waals surface area contributed by atoms with Crippen LogP contribution in [0.5, 0.6) is 0 Å². The molecule has 3 aromatic rings. The van der Waals surface area contributed by atoms with Crippen molar-refractivity contribution >= 4 is 22.6 Å². The van der Waals surface area contributed by atoms with Crippen LogP contribution >= 0.6 is 0 Å². The summed E-state index contributed by atoms with van der Waals surface area (Å²) in [5.74, 6) is 0.560. The molecule has 1 saturated carbocycles. The lowest BCUT2D eigenvalue weighted by Gasteiger charge is -2.38. The van der Waals surface area contributed by atoms with Gasteiger partial charge in [-0.3, -0.25) is 9.58 Å². The van der Waals surface area contributed by atoms with Gasteiger partial charge < -0.3 is 10.6 Å². The number of anilines is 1. The average Bonchev–Trinajstić information content (AvgIpc) is 3.42. The van der Waals surface area contributed by atoms with Gasteiger partial charge in [0.2, 0.25) is 0 Å². The first-order valence-electron chi connectivity index (χ1n) is 13.0. The number of nitrogens with two attached hydrogens (primary N) is 1. The van der Waals surface area contributed by atoms with Gasteiger partial charge in [-0.2, -0.15) is 5.10 Å². The predicted molar refractivity (Wildman–Crippen MR) is 145 cm³/mol. The zero-order chi connectivity index (χ0) is 25.3. The van der Waals surface area contributed by atoms with Gasteiger partial charge in [-0.05, 0) is 56.0 Å². The summed E-state index contributed by atoms with van der Waals surface area (Å²) in [6.07, 6.45) is 4.19. The lowest BCUT2D eigenvalue weighted by molar-refractivity contribution is 0.240. The first kappa shape index (κ1) is 25.2. The second-order valence-corrected chi connectivity index (χ2v) is 11.1. The summed E-state index contributed by atoms with van der Waals surface area (Å²) in [5, 5.41) is 6.38.